The molecule has 4 rings (SSSR count). The summed E-state index contributed by atoms with van der Waals surface area (Å²) in [6, 6.07) is 37.0. The van der Waals surface area contributed by atoms with E-state index in [1.165, 1.54) is 23.1 Å². The maximum atomic E-state index is 3.95. The molecule has 0 aliphatic heterocycles. The van der Waals surface area contributed by atoms with Crippen LogP contribution < -0.4 is 4.90 Å². The van der Waals surface area contributed by atoms with E-state index in [9.17, 15) is 0 Å². The van der Waals surface area contributed by atoms with Crippen molar-refractivity contribution in [2.45, 2.75) is 33.6 Å². The standard InChI is InChI=1S/C36H37N/c1-6-11-29(7-2)31-16-22-34(23-17-31)37(33-20-14-28(15-21-33)26-27-36(3,4)5)35-24-18-32(19-25-35)30-12-9-8-10-13-30/h6-25H,1-2,26-27H2,3-5H3/b29-11+. The fourth-order valence-electron chi connectivity index (χ4n) is 4.42. The van der Waals surface area contributed by atoms with Crippen LogP contribution in [0, 0.1) is 5.41 Å². The maximum absolute atomic E-state index is 3.95. The van der Waals surface area contributed by atoms with Crippen molar-refractivity contribution in [1.29, 1.82) is 0 Å². The molecule has 0 amide bonds. The van der Waals surface area contributed by atoms with E-state index in [0.717, 1.165) is 34.6 Å². The summed E-state index contributed by atoms with van der Waals surface area (Å²) in [5, 5.41) is 0. The molecule has 0 unspecified atom stereocenters. The molecule has 0 fully saturated rings. The Kier molecular flexibility index (Phi) is 8.25. The molecule has 0 saturated heterocycles. The molecular weight excluding hydrogens is 446 g/mol. The molecule has 4 aromatic carbocycles. The van der Waals surface area contributed by atoms with Gasteiger partial charge in [0.05, 0.1) is 0 Å². The lowest BCUT2D eigenvalue weighted by Crippen LogP contribution is -2.10. The third-order valence-corrected chi connectivity index (χ3v) is 6.57. The van der Waals surface area contributed by atoms with Crippen molar-refractivity contribution in [3.05, 3.63) is 146 Å². The van der Waals surface area contributed by atoms with Crippen LogP contribution in [-0.4, -0.2) is 0 Å². The van der Waals surface area contributed by atoms with Gasteiger partial charge in [0.2, 0.25) is 0 Å². The molecule has 0 atom stereocenters. The van der Waals surface area contributed by atoms with Crippen LogP contribution in [0.15, 0.2) is 135 Å². The molecule has 0 spiro atoms. The van der Waals surface area contributed by atoms with Crippen LogP contribution in [0.25, 0.3) is 16.7 Å². The highest BCUT2D eigenvalue weighted by molar-refractivity contribution is 5.81. The number of hydrogen-bond acceptors (Lipinski definition) is 1. The van der Waals surface area contributed by atoms with Crippen molar-refractivity contribution >= 4 is 22.6 Å². The lowest BCUT2D eigenvalue weighted by atomic mass is 9.89. The van der Waals surface area contributed by atoms with E-state index in [0.29, 0.717) is 5.41 Å². The highest BCUT2D eigenvalue weighted by Gasteiger charge is 2.14. The minimum absolute atomic E-state index is 0.331. The number of anilines is 3. The fraction of sp³-hybridized carbons (Fsp3) is 0.167. The molecule has 0 aliphatic carbocycles. The zero-order valence-electron chi connectivity index (χ0n) is 22.3. The highest BCUT2D eigenvalue weighted by Crippen LogP contribution is 2.36. The van der Waals surface area contributed by atoms with E-state index in [1.54, 1.807) is 6.08 Å². The summed E-state index contributed by atoms with van der Waals surface area (Å²) in [5.74, 6) is 0. The fourth-order valence-corrected chi connectivity index (χ4v) is 4.42. The first-order chi connectivity index (χ1) is 17.9. The molecule has 0 radical (unpaired) electrons. The highest BCUT2D eigenvalue weighted by atomic mass is 15.1. The SMILES string of the molecule is C=C/C=C(\C=C)c1ccc(N(c2ccc(CCC(C)(C)C)cc2)c2ccc(-c3ccccc3)cc2)cc1. The van der Waals surface area contributed by atoms with Gasteiger partial charge in [0.1, 0.15) is 0 Å². The molecule has 0 aliphatic rings. The average molecular weight is 484 g/mol. The summed E-state index contributed by atoms with van der Waals surface area (Å²) < 4.78 is 0. The lowest BCUT2D eigenvalue weighted by molar-refractivity contribution is 0.378. The molecule has 0 N–H and O–H groups in total. The Morgan fingerprint density at radius 1 is 0.676 bits per heavy atom. The Bertz CT molecular complexity index is 1330. The normalized spacial score (nSPS) is 11.7. The Labute approximate surface area is 223 Å². The summed E-state index contributed by atoms with van der Waals surface area (Å²) in [6.07, 6.45) is 7.91. The summed E-state index contributed by atoms with van der Waals surface area (Å²) in [4.78, 5) is 2.32. The van der Waals surface area contributed by atoms with Gasteiger partial charge >= 0.3 is 0 Å². The van der Waals surface area contributed by atoms with Crippen molar-refractivity contribution in [2.24, 2.45) is 5.41 Å². The molecule has 0 saturated carbocycles. The second-order valence-electron chi connectivity index (χ2n) is 10.6. The molecule has 1 heteroatoms. The van der Waals surface area contributed by atoms with Crippen LogP contribution in [0.3, 0.4) is 0 Å². The van der Waals surface area contributed by atoms with Crippen molar-refractivity contribution in [2.75, 3.05) is 4.90 Å². The minimum atomic E-state index is 0.331. The van der Waals surface area contributed by atoms with Gasteiger partial charge in [-0.2, -0.15) is 0 Å². The minimum Gasteiger partial charge on any atom is -0.311 e. The molecule has 4 aromatic rings. The van der Waals surface area contributed by atoms with E-state index in [2.05, 4.69) is 142 Å². The quantitative estimate of drug-likeness (QED) is 0.214. The molecule has 0 aromatic heterocycles. The molecule has 0 heterocycles. The van der Waals surface area contributed by atoms with Gasteiger partial charge in [0.25, 0.3) is 0 Å². The van der Waals surface area contributed by atoms with Gasteiger partial charge in [-0.05, 0) is 82.5 Å². The zero-order chi connectivity index (χ0) is 26.3. The van der Waals surface area contributed by atoms with Crippen LogP contribution in [0.2, 0.25) is 0 Å². The Morgan fingerprint density at radius 2 is 1.19 bits per heavy atom. The van der Waals surface area contributed by atoms with Crippen molar-refractivity contribution in [1.82, 2.24) is 0 Å². The van der Waals surface area contributed by atoms with E-state index in [-0.39, 0.29) is 0 Å². The Balaban J connectivity index is 1.70. The summed E-state index contributed by atoms with van der Waals surface area (Å²) in [5.41, 5.74) is 9.70. The first kappa shape index (κ1) is 26.0. The van der Waals surface area contributed by atoms with Crippen LogP contribution in [0.5, 0.6) is 0 Å². The number of benzene rings is 4. The molecule has 0 bridgehead atoms. The number of aryl methyl sites for hydroxylation is 1. The third kappa shape index (κ3) is 6.77. The lowest BCUT2D eigenvalue weighted by Gasteiger charge is -2.26. The molecule has 186 valence electrons. The number of rotatable bonds is 9. The maximum Gasteiger partial charge on any atom is 0.0462 e. The summed E-state index contributed by atoms with van der Waals surface area (Å²) in [7, 11) is 0. The van der Waals surface area contributed by atoms with Crippen molar-refractivity contribution < 1.29 is 0 Å². The van der Waals surface area contributed by atoms with Gasteiger partial charge in [-0.3, -0.25) is 0 Å². The predicted molar refractivity (Wildman–Crippen MR) is 163 cm³/mol. The van der Waals surface area contributed by atoms with Crippen molar-refractivity contribution in [3.8, 4) is 11.1 Å². The third-order valence-electron chi connectivity index (χ3n) is 6.57. The van der Waals surface area contributed by atoms with Gasteiger partial charge < -0.3 is 4.90 Å². The van der Waals surface area contributed by atoms with E-state index in [1.807, 2.05) is 12.2 Å². The smallest absolute Gasteiger partial charge is 0.0462 e. The predicted octanol–water partition coefficient (Wildman–Crippen LogP) is 10.6. The Hall–Kier alpha value is -4.10. The van der Waals surface area contributed by atoms with E-state index >= 15 is 0 Å². The average Bonchev–Trinajstić information content (AvgIpc) is 2.92. The van der Waals surface area contributed by atoms with Crippen LogP contribution in [-0.2, 0) is 6.42 Å². The van der Waals surface area contributed by atoms with Crippen LogP contribution in [0.1, 0.15) is 38.3 Å². The van der Waals surface area contributed by atoms with Gasteiger partial charge in [0, 0.05) is 17.1 Å². The van der Waals surface area contributed by atoms with Gasteiger partial charge in [-0.25, -0.2) is 0 Å². The number of nitrogens with zero attached hydrogens (tertiary/aromatic N) is 1. The second-order valence-corrected chi connectivity index (χ2v) is 10.6. The van der Waals surface area contributed by atoms with Gasteiger partial charge in [-0.15, -0.1) is 0 Å². The zero-order valence-corrected chi connectivity index (χ0v) is 22.3. The Morgan fingerprint density at radius 3 is 1.70 bits per heavy atom. The molecule has 37 heavy (non-hydrogen) atoms. The van der Waals surface area contributed by atoms with Gasteiger partial charge in [0.15, 0.2) is 0 Å². The number of allylic oxidation sites excluding steroid dienone is 4. The van der Waals surface area contributed by atoms with Gasteiger partial charge in [-0.1, -0.05) is 119 Å². The largest absolute Gasteiger partial charge is 0.311 e. The van der Waals surface area contributed by atoms with Crippen molar-refractivity contribution in [3.63, 3.8) is 0 Å². The summed E-state index contributed by atoms with van der Waals surface area (Å²) >= 11 is 0. The molecule has 1 nitrogen and oxygen atoms in total. The summed E-state index contributed by atoms with van der Waals surface area (Å²) in [6.45, 7) is 14.7. The first-order valence-electron chi connectivity index (χ1n) is 13.0. The topological polar surface area (TPSA) is 3.24 Å². The second kappa shape index (κ2) is 11.8. The monoisotopic (exact) mass is 483 g/mol. The van der Waals surface area contributed by atoms with E-state index in [4.69, 9.17) is 0 Å². The van der Waals surface area contributed by atoms with Crippen LogP contribution >= 0.6 is 0 Å². The number of hydrogen-bond donors (Lipinski definition) is 0. The van der Waals surface area contributed by atoms with E-state index < -0.39 is 0 Å². The molecular formula is C36H37N. The van der Waals surface area contributed by atoms with Crippen LogP contribution in [0.4, 0.5) is 17.1 Å². The first-order valence-corrected chi connectivity index (χ1v) is 13.0.